The zero-order valence-electron chi connectivity index (χ0n) is 16.0. The molecule has 1 aliphatic carbocycles. The first-order valence-electron chi connectivity index (χ1n) is 9.35. The largest absolute Gasteiger partial charge is 0.272 e. The predicted octanol–water partition coefficient (Wildman–Crippen LogP) is 5.22. The van der Waals surface area contributed by atoms with E-state index in [1.165, 1.54) is 0 Å². The Bertz CT molecular complexity index is 826. The highest BCUT2D eigenvalue weighted by atomic mass is 16.2. The van der Waals surface area contributed by atoms with Gasteiger partial charge in [-0.25, -0.2) is 5.43 Å². The van der Waals surface area contributed by atoms with Crippen LogP contribution < -0.4 is 5.43 Å². The number of amides is 1. The van der Waals surface area contributed by atoms with Gasteiger partial charge in [0.15, 0.2) is 0 Å². The third-order valence-electron chi connectivity index (χ3n) is 5.13. The number of rotatable bonds is 5. The maximum atomic E-state index is 13.1. The smallest absolute Gasteiger partial charge is 0.252 e. The zero-order chi connectivity index (χ0) is 19.2. The molecule has 1 aliphatic rings. The van der Waals surface area contributed by atoms with Crippen molar-refractivity contribution in [2.75, 3.05) is 0 Å². The summed E-state index contributed by atoms with van der Waals surface area (Å²) >= 11 is 0. The van der Waals surface area contributed by atoms with Crippen LogP contribution in [0.5, 0.6) is 0 Å². The Labute approximate surface area is 161 Å². The molecule has 2 aromatic carbocycles. The first-order chi connectivity index (χ1) is 13.1. The van der Waals surface area contributed by atoms with Crippen LogP contribution >= 0.6 is 0 Å². The number of allylic oxidation sites excluding steroid dienone is 3. The second kappa shape index (κ2) is 8.63. The molecule has 0 heterocycles. The Morgan fingerprint density at radius 3 is 2.15 bits per heavy atom. The van der Waals surface area contributed by atoms with Gasteiger partial charge >= 0.3 is 0 Å². The molecule has 0 saturated heterocycles. The third kappa shape index (κ3) is 4.62. The summed E-state index contributed by atoms with van der Waals surface area (Å²) in [5.41, 5.74) is 7.95. The Morgan fingerprint density at radius 2 is 1.63 bits per heavy atom. The topological polar surface area (TPSA) is 41.5 Å². The van der Waals surface area contributed by atoms with Crippen LogP contribution in [0.1, 0.15) is 43.7 Å². The first kappa shape index (κ1) is 18.8. The van der Waals surface area contributed by atoms with Crippen LogP contribution in [0.4, 0.5) is 0 Å². The van der Waals surface area contributed by atoms with Crippen molar-refractivity contribution in [1.29, 1.82) is 0 Å². The fourth-order valence-electron chi connectivity index (χ4n) is 3.40. The van der Waals surface area contributed by atoms with Crippen molar-refractivity contribution in [2.24, 2.45) is 11.0 Å². The van der Waals surface area contributed by atoms with E-state index in [1.54, 1.807) is 0 Å². The Hall–Kier alpha value is -2.94. The molecular formula is C24H26N2O. The molecule has 1 N–H and O–H groups in total. The molecule has 0 fully saturated rings. The Balaban J connectivity index is 1.84. The molecule has 1 atom stereocenters. The minimum absolute atomic E-state index is 0.120. The molecular weight excluding hydrogens is 332 g/mol. The number of carbonyl (C=O) groups is 1. The number of hydrogen-bond acceptors (Lipinski definition) is 2. The molecule has 0 spiro atoms. The monoisotopic (exact) mass is 358 g/mol. The number of carbonyl (C=O) groups excluding carboxylic acids is 1. The molecule has 3 rings (SSSR count). The number of hydrogen-bond donors (Lipinski definition) is 1. The van der Waals surface area contributed by atoms with E-state index in [-0.39, 0.29) is 11.8 Å². The minimum Gasteiger partial charge on any atom is -0.272 e. The average Bonchev–Trinajstić information content (AvgIpc) is 2.69. The van der Waals surface area contributed by atoms with E-state index in [9.17, 15) is 4.79 Å². The van der Waals surface area contributed by atoms with E-state index in [0.29, 0.717) is 5.92 Å². The van der Waals surface area contributed by atoms with E-state index in [1.807, 2.05) is 67.6 Å². The van der Waals surface area contributed by atoms with Gasteiger partial charge in [0.05, 0.1) is 11.6 Å². The van der Waals surface area contributed by atoms with Crippen LogP contribution in [-0.2, 0) is 4.79 Å². The van der Waals surface area contributed by atoms with Crippen LogP contribution in [-0.4, -0.2) is 11.6 Å². The second-order valence-electron chi connectivity index (χ2n) is 7.16. The van der Waals surface area contributed by atoms with Crippen molar-refractivity contribution in [3.8, 4) is 0 Å². The van der Waals surface area contributed by atoms with E-state index in [4.69, 9.17) is 0 Å². The Kier molecular flexibility index (Phi) is 6.02. The molecule has 27 heavy (non-hydrogen) atoms. The van der Waals surface area contributed by atoms with E-state index in [0.717, 1.165) is 40.8 Å². The fourth-order valence-corrected chi connectivity index (χ4v) is 3.40. The Morgan fingerprint density at radius 1 is 1.07 bits per heavy atom. The summed E-state index contributed by atoms with van der Waals surface area (Å²) in [5.74, 6) is -0.116. The lowest BCUT2D eigenvalue weighted by Crippen LogP contribution is -2.28. The highest BCUT2D eigenvalue weighted by Crippen LogP contribution is 2.27. The maximum absolute atomic E-state index is 13.1. The first-order valence-corrected chi connectivity index (χ1v) is 9.35. The molecule has 138 valence electrons. The fraction of sp³-hybridized carbons (Fsp3) is 0.250. The van der Waals surface area contributed by atoms with Crippen molar-refractivity contribution in [3.05, 3.63) is 95.6 Å². The van der Waals surface area contributed by atoms with E-state index < -0.39 is 0 Å². The standard InChI is InChI=1S/C24H26N2O/c1-17(2)21-15-14-18(3)22(16-21)25-26-24(27)23(19-10-6-4-7-11-19)20-12-8-5-9-13-20/h4-14,21,23H,1,15-16H2,2-3H3,(H,26,27)/b25-22+/t21-/m1/s1. The van der Waals surface area contributed by atoms with Crippen molar-refractivity contribution < 1.29 is 4.79 Å². The highest BCUT2D eigenvalue weighted by molar-refractivity contribution is 6.01. The van der Waals surface area contributed by atoms with Crippen molar-refractivity contribution in [2.45, 2.75) is 32.6 Å². The second-order valence-corrected chi connectivity index (χ2v) is 7.16. The van der Waals surface area contributed by atoms with Gasteiger partial charge in [-0.3, -0.25) is 4.79 Å². The summed E-state index contributed by atoms with van der Waals surface area (Å²) in [6.07, 6.45) is 3.99. The highest BCUT2D eigenvalue weighted by Gasteiger charge is 2.23. The molecule has 2 aromatic rings. The third-order valence-corrected chi connectivity index (χ3v) is 5.13. The van der Waals surface area contributed by atoms with Gasteiger partial charge in [0.25, 0.3) is 5.91 Å². The summed E-state index contributed by atoms with van der Waals surface area (Å²) in [6, 6.07) is 19.6. The van der Waals surface area contributed by atoms with Crippen LogP contribution in [0.15, 0.2) is 89.6 Å². The van der Waals surface area contributed by atoms with E-state index >= 15 is 0 Å². The average molecular weight is 358 g/mol. The lowest BCUT2D eigenvalue weighted by molar-refractivity contribution is -0.121. The van der Waals surface area contributed by atoms with Crippen molar-refractivity contribution in [3.63, 3.8) is 0 Å². The van der Waals surface area contributed by atoms with Gasteiger partial charge in [0.1, 0.15) is 0 Å². The van der Waals surface area contributed by atoms with Crippen LogP contribution in [0.25, 0.3) is 0 Å². The molecule has 0 unspecified atom stereocenters. The van der Waals surface area contributed by atoms with Crippen molar-refractivity contribution >= 4 is 11.6 Å². The summed E-state index contributed by atoms with van der Waals surface area (Å²) < 4.78 is 0. The molecule has 0 radical (unpaired) electrons. The summed E-state index contributed by atoms with van der Waals surface area (Å²) in [5, 5.41) is 4.48. The molecule has 0 bridgehead atoms. The summed E-state index contributed by atoms with van der Waals surface area (Å²) in [6.45, 7) is 8.17. The minimum atomic E-state index is -0.387. The lowest BCUT2D eigenvalue weighted by Gasteiger charge is -2.23. The number of nitrogens with one attached hydrogen (secondary N) is 1. The van der Waals surface area contributed by atoms with Crippen LogP contribution in [0, 0.1) is 5.92 Å². The van der Waals surface area contributed by atoms with Crippen LogP contribution in [0.3, 0.4) is 0 Å². The van der Waals surface area contributed by atoms with Gasteiger partial charge < -0.3 is 0 Å². The number of hydrazone groups is 1. The molecule has 3 heteroatoms. The van der Waals surface area contributed by atoms with E-state index in [2.05, 4.69) is 30.1 Å². The molecule has 0 aliphatic heterocycles. The van der Waals surface area contributed by atoms with Gasteiger partial charge in [0.2, 0.25) is 0 Å². The molecule has 0 saturated carbocycles. The molecule has 0 aromatic heterocycles. The van der Waals surface area contributed by atoms with Gasteiger partial charge in [-0.15, -0.1) is 0 Å². The van der Waals surface area contributed by atoms with Gasteiger partial charge in [-0.1, -0.05) is 78.9 Å². The number of nitrogens with zero attached hydrogens (tertiary/aromatic N) is 1. The lowest BCUT2D eigenvalue weighted by atomic mass is 9.85. The van der Waals surface area contributed by atoms with Gasteiger partial charge in [-0.05, 0) is 49.3 Å². The SMILES string of the molecule is C=C(C)[C@@H]1CC=C(C)/C(=N/NC(=O)C(c2ccccc2)c2ccccc2)C1. The predicted molar refractivity (Wildman–Crippen MR) is 112 cm³/mol. The van der Waals surface area contributed by atoms with Gasteiger partial charge in [-0.2, -0.15) is 5.10 Å². The van der Waals surface area contributed by atoms with Crippen LogP contribution in [0.2, 0.25) is 0 Å². The quantitative estimate of drug-likeness (QED) is 0.577. The normalized spacial score (nSPS) is 18.3. The summed E-state index contributed by atoms with van der Waals surface area (Å²) in [7, 11) is 0. The van der Waals surface area contributed by atoms with Crippen molar-refractivity contribution in [1.82, 2.24) is 5.43 Å². The summed E-state index contributed by atoms with van der Waals surface area (Å²) in [4.78, 5) is 13.1. The zero-order valence-corrected chi connectivity index (χ0v) is 16.0. The molecule has 3 nitrogen and oxygen atoms in total. The molecule has 1 amide bonds. The maximum Gasteiger partial charge on any atom is 0.252 e. The number of benzene rings is 2. The van der Waals surface area contributed by atoms with Gasteiger partial charge in [0, 0.05) is 0 Å².